The van der Waals surface area contributed by atoms with Crippen molar-refractivity contribution in [3.63, 3.8) is 0 Å². The molecule has 5 nitrogen and oxygen atoms in total. The monoisotopic (exact) mass is 238 g/mol. The Morgan fingerprint density at radius 3 is 2.65 bits per heavy atom. The van der Waals surface area contributed by atoms with Crippen molar-refractivity contribution in [3.05, 3.63) is 24.3 Å². The highest BCUT2D eigenvalue weighted by Crippen LogP contribution is 2.12. The number of anilines is 1. The van der Waals surface area contributed by atoms with Crippen LogP contribution in [-0.2, 0) is 9.53 Å². The van der Waals surface area contributed by atoms with Gasteiger partial charge in [-0.25, -0.2) is 0 Å². The zero-order valence-electron chi connectivity index (χ0n) is 9.94. The molecule has 1 amide bonds. The predicted molar refractivity (Wildman–Crippen MR) is 65.9 cm³/mol. The van der Waals surface area contributed by atoms with E-state index < -0.39 is 0 Å². The Balaban J connectivity index is 2.11. The number of methoxy groups -OCH3 is 1. The van der Waals surface area contributed by atoms with Crippen LogP contribution < -0.4 is 15.8 Å². The first-order valence-electron chi connectivity index (χ1n) is 5.46. The molecule has 0 radical (unpaired) electrons. The molecule has 0 saturated heterocycles. The second kappa shape index (κ2) is 7.51. The third-order valence-corrected chi connectivity index (χ3v) is 2.11. The van der Waals surface area contributed by atoms with Gasteiger partial charge >= 0.3 is 0 Å². The average Bonchev–Trinajstić information content (AvgIpc) is 2.34. The van der Waals surface area contributed by atoms with Crippen LogP contribution >= 0.6 is 0 Å². The summed E-state index contributed by atoms with van der Waals surface area (Å²) in [5.74, 6) is 0.707. The molecule has 3 N–H and O–H groups in total. The summed E-state index contributed by atoms with van der Waals surface area (Å²) in [5, 5.41) is 2.73. The number of nitrogens with one attached hydrogen (secondary N) is 1. The fourth-order valence-electron chi connectivity index (χ4n) is 1.21. The SMILES string of the molecule is COCCC(=O)NCCOc1ccc(N)cc1. The van der Waals surface area contributed by atoms with Crippen LogP contribution in [0.15, 0.2) is 24.3 Å². The number of carbonyl (C=O) groups excluding carboxylic acids is 1. The predicted octanol–water partition coefficient (Wildman–Crippen LogP) is 0.800. The summed E-state index contributed by atoms with van der Waals surface area (Å²) >= 11 is 0. The molecule has 0 aliphatic rings. The van der Waals surface area contributed by atoms with Crippen molar-refractivity contribution in [2.24, 2.45) is 0 Å². The van der Waals surface area contributed by atoms with E-state index in [1.807, 2.05) is 0 Å². The van der Waals surface area contributed by atoms with Crippen molar-refractivity contribution in [2.75, 3.05) is 32.6 Å². The van der Waals surface area contributed by atoms with Gasteiger partial charge in [-0.3, -0.25) is 4.79 Å². The minimum Gasteiger partial charge on any atom is -0.492 e. The van der Waals surface area contributed by atoms with E-state index in [9.17, 15) is 4.79 Å². The van der Waals surface area contributed by atoms with Crippen molar-refractivity contribution < 1.29 is 14.3 Å². The zero-order valence-corrected chi connectivity index (χ0v) is 9.94. The van der Waals surface area contributed by atoms with Crippen molar-refractivity contribution in [2.45, 2.75) is 6.42 Å². The number of hydrogen-bond acceptors (Lipinski definition) is 4. The van der Waals surface area contributed by atoms with Crippen molar-refractivity contribution >= 4 is 11.6 Å². The summed E-state index contributed by atoms with van der Waals surface area (Å²) in [6.07, 6.45) is 0.373. The van der Waals surface area contributed by atoms with E-state index in [4.69, 9.17) is 15.2 Å². The number of nitrogens with two attached hydrogens (primary N) is 1. The highest BCUT2D eigenvalue weighted by Gasteiger charge is 1.99. The van der Waals surface area contributed by atoms with Gasteiger partial charge in [-0.15, -0.1) is 0 Å². The van der Waals surface area contributed by atoms with Gasteiger partial charge in [0.05, 0.1) is 13.2 Å². The Morgan fingerprint density at radius 1 is 1.29 bits per heavy atom. The average molecular weight is 238 g/mol. The summed E-state index contributed by atoms with van der Waals surface area (Å²) in [4.78, 5) is 11.2. The van der Waals surface area contributed by atoms with E-state index in [0.29, 0.717) is 31.9 Å². The van der Waals surface area contributed by atoms with Crippen LogP contribution in [0.2, 0.25) is 0 Å². The van der Waals surface area contributed by atoms with Gasteiger partial charge in [0.15, 0.2) is 0 Å². The number of rotatable bonds is 7. The van der Waals surface area contributed by atoms with Gasteiger partial charge < -0.3 is 20.5 Å². The fourth-order valence-corrected chi connectivity index (χ4v) is 1.21. The molecule has 1 rings (SSSR count). The Kier molecular flexibility index (Phi) is 5.88. The van der Waals surface area contributed by atoms with Crippen LogP contribution in [0.25, 0.3) is 0 Å². The lowest BCUT2D eigenvalue weighted by Crippen LogP contribution is -2.28. The van der Waals surface area contributed by atoms with Gasteiger partial charge in [0.2, 0.25) is 5.91 Å². The molecule has 5 heteroatoms. The quantitative estimate of drug-likeness (QED) is 0.544. The molecular formula is C12H18N2O3. The molecule has 1 aromatic rings. The number of hydrogen-bond donors (Lipinski definition) is 2. The van der Waals surface area contributed by atoms with Gasteiger partial charge in [0.1, 0.15) is 12.4 Å². The van der Waals surface area contributed by atoms with E-state index >= 15 is 0 Å². The summed E-state index contributed by atoms with van der Waals surface area (Å²) in [7, 11) is 1.57. The molecule has 0 aliphatic carbocycles. The third-order valence-electron chi connectivity index (χ3n) is 2.11. The second-order valence-corrected chi connectivity index (χ2v) is 3.51. The molecule has 94 valence electrons. The Hall–Kier alpha value is -1.75. The first-order valence-corrected chi connectivity index (χ1v) is 5.46. The van der Waals surface area contributed by atoms with Gasteiger partial charge in [0.25, 0.3) is 0 Å². The highest BCUT2D eigenvalue weighted by atomic mass is 16.5. The van der Waals surface area contributed by atoms with E-state index in [0.717, 1.165) is 5.75 Å². The molecule has 0 aromatic heterocycles. The summed E-state index contributed by atoms with van der Waals surface area (Å²) in [6, 6.07) is 7.13. The molecule has 0 saturated carbocycles. The maximum atomic E-state index is 11.2. The minimum absolute atomic E-state index is 0.0345. The Labute approximate surface area is 101 Å². The van der Waals surface area contributed by atoms with Crippen LogP contribution in [0.5, 0.6) is 5.75 Å². The van der Waals surface area contributed by atoms with Gasteiger partial charge in [-0.2, -0.15) is 0 Å². The van der Waals surface area contributed by atoms with Crippen molar-refractivity contribution in [3.8, 4) is 5.75 Å². The molecule has 1 aromatic carbocycles. The summed E-state index contributed by atoms with van der Waals surface area (Å²) in [5.41, 5.74) is 6.24. The lowest BCUT2D eigenvalue weighted by atomic mass is 10.3. The first-order chi connectivity index (χ1) is 8.22. The van der Waals surface area contributed by atoms with E-state index in [1.165, 1.54) is 0 Å². The Bertz CT molecular complexity index is 338. The summed E-state index contributed by atoms with van der Waals surface area (Å²) in [6.45, 7) is 1.35. The summed E-state index contributed by atoms with van der Waals surface area (Å²) < 4.78 is 10.2. The Morgan fingerprint density at radius 2 is 2.00 bits per heavy atom. The topological polar surface area (TPSA) is 73.6 Å². The van der Waals surface area contributed by atoms with Crippen LogP contribution in [0.3, 0.4) is 0 Å². The van der Waals surface area contributed by atoms with E-state index in [2.05, 4.69) is 5.32 Å². The molecule has 0 heterocycles. The van der Waals surface area contributed by atoms with Crippen LogP contribution in [0, 0.1) is 0 Å². The third kappa shape index (κ3) is 5.77. The van der Waals surface area contributed by atoms with Crippen molar-refractivity contribution in [1.82, 2.24) is 5.32 Å². The number of nitrogen functional groups attached to an aromatic ring is 1. The van der Waals surface area contributed by atoms with E-state index in [-0.39, 0.29) is 5.91 Å². The second-order valence-electron chi connectivity index (χ2n) is 3.51. The molecule has 17 heavy (non-hydrogen) atoms. The molecule has 0 spiro atoms. The maximum Gasteiger partial charge on any atom is 0.222 e. The number of carbonyl (C=O) groups is 1. The van der Waals surface area contributed by atoms with Gasteiger partial charge in [-0.1, -0.05) is 0 Å². The lowest BCUT2D eigenvalue weighted by Gasteiger charge is -2.07. The number of ether oxygens (including phenoxy) is 2. The maximum absolute atomic E-state index is 11.2. The number of amides is 1. The zero-order chi connectivity index (χ0) is 12.5. The van der Waals surface area contributed by atoms with Crippen LogP contribution in [0.1, 0.15) is 6.42 Å². The molecule has 0 unspecified atom stereocenters. The highest BCUT2D eigenvalue weighted by molar-refractivity contribution is 5.75. The van der Waals surface area contributed by atoms with E-state index in [1.54, 1.807) is 31.4 Å². The van der Waals surface area contributed by atoms with Crippen LogP contribution in [0.4, 0.5) is 5.69 Å². The van der Waals surface area contributed by atoms with Crippen LogP contribution in [-0.4, -0.2) is 32.8 Å². The smallest absolute Gasteiger partial charge is 0.222 e. The molecule has 0 atom stereocenters. The minimum atomic E-state index is -0.0345. The largest absolute Gasteiger partial charge is 0.492 e. The molecule has 0 aliphatic heterocycles. The molecule has 0 bridgehead atoms. The molecule has 0 fully saturated rings. The van der Waals surface area contributed by atoms with Gasteiger partial charge in [0, 0.05) is 19.2 Å². The number of benzene rings is 1. The standard InChI is InChI=1S/C12H18N2O3/c1-16-8-6-12(15)14-7-9-17-11-4-2-10(13)3-5-11/h2-5H,6-9,13H2,1H3,(H,14,15). The first kappa shape index (κ1) is 13.3. The lowest BCUT2D eigenvalue weighted by molar-refractivity contribution is -0.122. The fraction of sp³-hybridized carbons (Fsp3) is 0.417. The molecular weight excluding hydrogens is 220 g/mol. The normalized spacial score (nSPS) is 9.94. The van der Waals surface area contributed by atoms with Crippen molar-refractivity contribution in [1.29, 1.82) is 0 Å². The van der Waals surface area contributed by atoms with Gasteiger partial charge in [-0.05, 0) is 24.3 Å².